The molecule has 0 radical (unpaired) electrons. The number of methoxy groups -OCH3 is 1. The number of anilines is 1. The molecule has 1 N–H and O–H groups in total. The van der Waals surface area contributed by atoms with Crippen LogP contribution in [0, 0.1) is 11.3 Å². The number of carbonyl (C=O) groups is 1. The van der Waals surface area contributed by atoms with Gasteiger partial charge in [0.25, 0.3) is 0 Å². The molecule has 1 aromatic carbocycles. The number of hydrogen-bond acceptors (Lipinski definition) is 6. The molecule has 3 aromatic rings. The highest BCUT2D eigenvalue weighted by atomic mass is 16.5. The van der Waals surface area contributed by atoms with Crippen LogP contribution in [0.4, 0.5) is 5.69 Å². The highest BCUT2D eigenvalue weighted by molar-refractivity contribution is 5.94. The van der Waals surface area contributed by atoms with Crippen molar-refractivity contribution < 1.29 is 9.53 Å². The van der Waals surface area contributed by atoms with Crippen LogP contribution in [0.15, 0.2) is 42.6 Å². The van der Waals surface area contributed by atoms with Crippen LogP contribution in [0.5, 0.6) is 0 Å². The third-order valence-corrected chi connectivity index (χ3v) is 4.69. The number of benzene rings is 1. The second-order valence-corrected chi connectivity index (χ2v) is 6.53. The van der Waals surface area contributed by atoms with Crippen LogP contribution >= 0.6 is 0 Å². The average molecular weight is 358 g/mol. The van der Waals surface area contributed by atoms with Crippen molar-refractivity contribution in [2.45, 2.75) is 25.3 Å². The van der Waals surface area contributed by atoms with E-state index in [9.17, 15) is 10.1 Å². The smallest absolute Gasteiger partial charge is 0.339 e. The fraction of sp³-hybridized carbons (Fsp3) is 0.238. The first-order valence-corrected chi connectivity index (χ1v) is 8.81. The summed E-state index contributed by atoms with van der Waals surface area (Å²) >= 11 is 0. The second-order valence-electron chi connectivity index (χ2n) is 6.53. The molecule has 2 aromatic heterocycles. The van der Waals surface area contributed by atoms with Crippen LogP contribution in [0.2, 0.25) is 0 Å². The number of rotatable bonds is 5. The molecule has 0 bridgehead atoms. The van der Waals surface area contributed by atoms with E-state index >= 15 is 0 Å². The van der Waals surface area contributed by atoms with Gasteiger partial charge in [-0.2, -0.15) is 5.26 Å². The maximum Gasteiger partial charge on any atom is 0.339 e. The molecule has 0 atom stereocenters. The summed E-state index contributed by atoms with van der Waals surface area (Å²) in [6.07, 6.45) is 3.66. The molecule has 0 saturated heterocycles. The summed E-state index contributed by atoms with van der Waals surface area (Å²) in [6, 6.07) is 13.5. The number of nitrogens with zero attached hydrogens (tertiary/aromatic N) is 3. The normalized spacial score (nSPS) is 13.2. The Balaban J connectivity index is 1.65. The lowest BCUT2D eigenvalue weighted by Crippen LogP contribution is -2.11. The number of para-hydroxylation sites is 1. The molecule has 27 heavy (non-hydrogen) atoms. The van der Waals surface area contributed by atoms with E-state index in [1.807, 2.05) is 30.3 Å². The minimum atomic E-state index is -0.351. The maximum absolute atomic E-state index is 12.0. The van der Waals surface area contributed by atoms with E-state index in [1.54, 1.807) is 12.3 Å². The minimum Gasteiger partial charge on any atom is -0.465 e. The third-order valence-electron chi connectivity index (χ3n) is 4.69. The van der Waals surface area contributed by atoms with Crippen LogP contribution in [-0.2, 0) is 11.3 Å². The standard InChI is InChI=1S/C21H18N4O2/c1-27-21(26)17-9-8-15(25-20(17)13-6-7-13)12-24-19-14(10-22)11-23-18-5-3-2-4-16(18)19/h2-5,8-9,11,13H,6-7,12H2,1H3,(H,23,24). The van der Waals surface area contributed by atoms with Crippen LogP contribution in [0.25, 0.3) is 10.9 Å². The molecule has 4 rings (SSSR count). The number of ether oxygens (including phenoxy) is 1. The number of nitriles is 1. The Morgan fingerprint density at radius 2 is 2.11 bits per heavy atom. The number of carbonyl (C=O) groups excluding carboxylic acids is 1. The van der Waals surface area contributed by atoms with Crippen LogP contribution in [0.1, 0.15) is 46.1 Å². The van der Waals surface area contributed by atoms with Crippen molar-refractivity contribution in [1.29, 1.82) is 5.26 Å². The van der Waals surface area contributed by atoms with Gasteiger partial charge >= 0.3 is 5.97 Å². The van der Waals surface area contributed by atoms with Gasteiger partial charge in [0.1, 0.15) is 6.07 Å². The SMILES string of the molecule is COC(=O)c1ccc(CNc2c(C#N)cnc3ccccc23)nc1C1CC1. The zero-order valence-corrected chi connectivity index (χ0v) is 14.9. The Hall–Kier alpha value is -3.46. The van der Waals surface area contributed by atoms with Crippen LogP contribution < -0.4 is 5.32 Å². The Bertz CT molecular complexity index is 1070. The highest BCUT2D eigenvalue weighted by Gasteiger charge is 2.30. The van der Waals surface area contributed by atoms with E-state index in [0.29, 0.717) is 23.6 Å². The van der Waals surface area contributed by atoms with Gasteiger partial charge < -0.3 is 10.1 Å². The molecule has 2 heterocycles. The highest BCUT2D eigenvalue weighted by Crippen LogP contribution is 2.41. The monoisotopic (exact) mass is 358 g/mol. The predicted molar refractivity (Wildman–Crippen MR) is 101 cm³/mol. The van der Waals surface area contributed by atoms with Crippen molar-refractivity contribution in [2.75, 3.05) is 12.4 Å². The Morgan fingerprint density at radius 1 is 1.30 bits per heavy atom. The first kappa shape index (κ1) is 17.0. The summed E-state index contributed by atoms with van der Waals surface area (Å²) in [5.74, 6) is -0.0220. The molecule has 1 aliphatic carbocycles. The number of aromatic nitrogens is 2. The van der Waals surface area contributed by atoms with E-state index in [4.69, 9.17) is 9.72 Å². The molecule has 0 spiro atoms. The summed E-state index contributed by atoms with van der Waals surface area (Å²) in [7, 11) is 1.38. The fourth-order valence-electron chi connectivity index (χ4n) is 3.16. The molecule has 1 aliphatic rings. The van der Waals surface area contributed by atoms with Crippen molar-refractivity contribution in [2.24, 2.45) is 0 Å². The van der Waals surface area contributed by atoms with Crippen LogP contribution in [-0.4, -0.2) is 23.0 Å². The number of nitrogens with one attached hydrogen (secondary N) is 1. The van der Waals surface area contributed by atoms with Gasteiger partial charge in [0.2, 0.25) is 0 Å². The molecular formula is C21H18N4O2. The molecule has 6 heteroatoms. The molecule has 0 aliphatic heterocycles. The number of hydrogen-bond donors (Lipinski definition) is 1. The summed E-state index contributed by atoms with van der Waals surface area (Å²) < 4.78 is 4.86. The van der Waals surface area contributed by atoms with Gasteiger partial charge in [-0.25, -0.2) is 4.79 Å². The van der Waals surface area contributed by atoms with Crippen molar-refractivity contribution in [1.82, 2.24) is 9.97 Å². The Labute approximate surface area is 156 Å². The fourth-order valence-corrected chi connectivity index (χ4v) is 3.16. The minimum absolute atomic E-state index is 0.329. The molecule has 134 valence electrons. The second kappa shape index (κ2) is 7.04. The molecular weight excluding hydrogens is 340 g/mol. The number of fused-ring (bicyclic) bond motifs is 1. The zero-order chi connectivity index (χ0) is 18.8. The van der Waals surface area contributed by atoms with Gasteiger partial charge in [0.15, 0.2) is 0 Å². The van der Waals surface area contributed by atoms with Crippen molar-refractivity contribution in [3.63, 3.8) is 0 Å². The van der Waals surface area contributed by atoms with E-state index in [-0.39, 0.29) is 5.97 Å². The molecule has 1 saturated carbocycles. The lowest BCUT2D eigenvalue weighted by molar-refractivity contribution is 0.0598. The van der Waals surface area contributed by atoms with Crippen LogP contribution in [0.3, 0.4) is 0 Å². The predicted octanol–water partition coefficient (Wildman–Crippen LogP) is 3.78. The number of esters is 1. The molecule has 6 nitrogen and oxygen atoms in total. The van der Waals surface area contributed by atoms with E-state index in [1.165, 1.54) is 7.11 Å². The summed E-state index contributed by atoms with van der Waals surface area (Å²) in [6.45, 7) is 0.448. The zero-order valence-electron chi connectivity index (χ0n) is 14.9. The Morgan fingerprint density at radius 3 is 2.85 bits per heavy atom. The lowest BCUT2D eigenvalue weighted by Gasteiger charge is -2.13. The van der Waals surface area contributed by atoms with E-state index < -0.39 is 0 Å². The van der Waals surface area contributed by atoms with Gasteiger partial charge in [-0.05, 0) is 31.0 Å². The van der Waals surface area contributed by atoms with Gasteiger partial charge in [0.05, 0.1) is 47.4 Å². The first-order chi connectivity index (χ1) is 13.2. The average Bonchev–Trinajstić information content (AvgIpc) is 3.56. The first-order valence-electron chi connectivity index (χ1n) is 8.81. The molecule has 0 amide bonds. The summed E-state index contributed by atoms with van der Waals surface area (Å²) in [5, 5.41) is 13.7. The van der Waals surface area contributed by atoms with Crippen molar-refractivity contribution in [3.8, 4) is 6.07 Å². The quantitative estimate of drug-likeness (QED) is 0.698. The Kier molecular flexibility index (Phi) is 4.43. The van der Waals surface area contributed by atoms with Gasteiger partial charge in [-0.1, -0.05) is 18.2 Å². The lowest BCUT2D eigenvalue weighted by atomic mass is 10.1. The molecule has 1 fully saturated rings. The molecule has 0 unspecified atom stereocenters. The van der Waals surface area contributed by atoms with Crippen molar-refractivity contribution in [3.05, 3.63) is 65.1 Å². The summed E-state index contributed by atoms with van der Waals surface area (Å²) in [4.78, 5) is 21.0. The van der Waals surface area contributed by atoms with E-state index in [0.717, 1.165) is 40.8 Å². The summed E-state index contributed by atoms with van der Waals surface area (Å²) in [5.41, 5.74) is 4.22. The topological polar surface area (TPSA) is 87.9 Å². The van der Waals surface area contributed by atoms with Gasteiger partial charge in [0, 0.05) is 17.5 Å². The van der Waals surface area contributed by atoms with E-state index in [2.05, 4.69) is 16.4 Å². The van der Waals surface area contributed by atoms with Gasteiger partial charge in [-0.15, -0.1) is 0 Å². The van der Waals surface area contributed by atoms with Crippen molar-refractivity contribution >= 4 is 22.6 Å². The maximum atomic E-state index is 12.0. The van der Waals surface area contributed by atoms with Gasteiger partial charge in [-0.3, -0.25) is 9.97 Å². The number of pyridine rings is 2. The largest absolute Gasteiger partial charge is 0.465 e. The third kappa shape index (κ3) is 3.32.